The fourth-order valence-electron chi connectivity index (χ4n) is 3.92. The Morgan fingerprint density at radius 3 is 2.33 bits per heavy atom. The smallest absolute Gasteiger partial charge is 0.253 e. The normalized spacial score (nSPS) is 15.5. The van der Waals surface area contributed by atoms with E-state index in [1.54, 1.807) is 0 Å². The molecule has 2 aromatic rings. The lowest BCUT2D eigenvalue weighted by Gasteiger charge is -2.23. The van der Waals surface area contributed by atoms with Crippen LogP contribution < -0.4 is 15.5 Å². The van der Waals surface area contributed by atoms with E-state index in [0.717, 1.165) is 43.6 Å². The Balaban J connectivity index is 1.85. The van der Waals surface area contributed by atoms with Crippen LogP contribution in [0, 0.1) is 0 Å². The molecule has 5 heteroatoms. The summed E-state index contributed by atoms with van der Waals surface area (Å²) in [7, 11) is 0. The second kappa shape index (κ2) is 10.3. The van der Waals surface area contributed by atoms with Gasteiger partial charge in [-0.2, -0.15) is 0 Å². The van der Waals surface area contributed by atoms with Gasteiger partial charge in [-0.15, -0.1) is 0 Å². The number of rotatable bonds is 8. The monoisotopic (exact) mass is 407 g/mol. The van der Waals surface area contributed by atoms with Crippen molar-refractivity contribution in [3.05, 3.63) is 59.7 Å². The summed E-state index contributed by atoms with van der Waals surface area (Å²) in [5.74, 6) is -0.356. The van der Waals surface area contributed by atoms with Crippen molar-refractivity contribution >= 4 is 23.2 Å². The minimum atomic E-state index is -0.221. The predicted octanol–water partition coefficient (Wildman–Crippen LogP) is 4.95. The molecule has 2 atom stereocenters. The van der Waals surface area contributed by atoms with E-state index < -0.39 is 0 Å². The zero-order chi connectivity index (χ0) is 21.5. The molecule has 1 fully saturated rings. The first-order chi connectivity index (χ1) is 14.5. The Hall–Kier alpha value is -2.82. The van der Waals surface area contributed by atoms with Crippen molar-refractivity contribution in [3.8, 4) is 0 Å². The molecule has 0 bridgehead atoms. The molecule has 1 aliphatic heterocycles. The number of carbonyl (C=O) groups excluding carboxylic acids is 2. The SMILES string of the molecule is CCC(C)NC(=O)c1cc(NC(=O)C(CC)c2ccccc2)ccc1N1CCCC1. The number of amides is 2. The Kier molecular flexibility index (Phi) is 7.50. The first-order valence-corrected chi connectivity index (χ1v) is 11.1. The minimum absolute atomic E-state index is 0.0501. The van der Waals surface area contributed by atoms with E-state index in [-0.39, 0.29) is 23.8 Å². The number of carbonyl (C=O) groups is 2. The van der Waals surface area contributed by atoms with Crippen molar-refractivity contribution in [2.24, 2.45) is 0 Å². The molecular formula is C25H33N3O2. The van der Waals surface area contributed by atoms with Gasteiger partial charge in [0.2, 0.25) is 5.91 Å². The maximum Gasteiger partial charge on any atom is 0.253 e. The summed E-state index contributed by atoms with van der Waals surface area (Å²) >= 11 is 0. The van der Waals surface area contributed by atoms with Crippen LogP contribution in [0.4, 0.5) is 11.4 Å². The zero-order valence-electron chi connectivity index (χ0n) is 18.3. The fourth-order valence-corrected chi connectivity index (χ4v) is 3.92. The van der Waals surface area contributed by atoms with Crippen LogP contribution in [0.3, 0.4) is 0 Å². The third-order valence-corrected chi connectivity index (χ3v) is 5.87. The van der Waals surface area contributed by atoms with Gasteiger partial charge in [-0.3, -0.25) is 9.59 Å². The molecule has 1 aliphatic rings. The second-order valence-electron chi connectivity index (χ2n) is 8.07. The lowest BCUT2D eigenvalue weighted by molar-refractivity contribution is -0.117. The summed E-state index contributed by atoms with van der Waals surface area (Å²) in [4.78, 5) is 28.2. The summed E-state index contributed by atoms with van der Waals surface area (Å²) in [5, 5.41) is 6.11. The van der Waals surface area contributed by atoms with E-state index >= 15 is 0 Å². The van der Waals surface area contributed by atoms with E-state index in [2.05, 4.69) is 22.5 Å². The summed E-state index contributed by atoms with van der Waals surface area (Å²) < 4.78 is 0. The Morgan fingerprint density at radius 2 is 1.70 bits per heavy atom. The van der Waals surface area contributed by atoms with Gasteiger partial charge >= 0.3 is 0 Å². The third-order valence-electron chi connectivity index (χ3n) is 5.87. The van der Waals surface area contributed by atoms with E-state index in [1.807, 2.05) is 62.4 Å². The minimum Gasteiger partial charge on any atom is -0.371 e. The van der Waals surface area contributed by atoms with Crippen LogP contribution in [-0.4, -0.2) is 30.9 Å². The molecule has 2 amide bonds. The number of anilines is 2. The van der Waals surface area contributed by atoms with Crippen LogP contribution >= 0.6 is 0 Å². The van der Waals surface area contributed by atoms with Gasteiger partial charge in [0, 0.05) is 30.5 Å². The number of hydrogen-bond donors (Lipinski definition) is 2. The number of hydrogen-bond acceptors (Lipinski definition) is 3. The van der Waals surface area contributed by atoms with Crippen LogP contribution in [0.1, 0.15) is 68.3 Å². The highest BCUT2D eigenvalue weighted by molar-refractivity contribution is 6.03. The maximum atomic E-state index is 13.0. The molecule has 0 aromatic heterocycles. The van der Waals surface area contributed by atoms with E-state index in [0.29, 0.717) is 17.7 Å². The van der Waals surface area contributed by atoms with E-state index in [1.165, 1.54) is 0 Å². The molecule has 1 heterocycles. The Labute approximate surface area is 179 Å². The van der Waals surface area contributed by atoms with Crippen LogP contribution in [-0.2, 0) is 4.79 Å². The van der Waals surface area contributed by atoms with Crippen LogP contribution in [0.5, 0.6) is 0 Å². The molecule has 160 valence electrons. The molecule has 2 N–H and O–H groups in total. The van der Waals surface area contributed by atoms with Crippen LogP contribution in [0.15, 0.2) is 48.5 Å². The maximum absolute atomic E-state index is 13.0. The summed E-state index contributed by atoms with van der Waals surface area (Å²) in [6.45, 7) is 7.99. The van der Waals surface area contributed by atoms with Gasteiger partial charge < -0.3 is 15.5 Å². The molecule has 0 saturated carbocycles. The van der Waals surface area contributed by atoms with Crippen molar-refractivity contribution in [2.45, 2.75) is 58.4 Å². The van der Waals surface area contributed by atoms with Crippen molar-refractivity contribution < 1.29 is 9.59 Å². The van der Waals surface area contributed by atoms with Crippen molar-refractivity contribution in [3.63, 3.8) is 0 Å². The lowest BCUT2D eigenvalue weighted by Crippen LogP contribution is -2.33. The Bertz CT molecular complexity index is 860. The number of benzene rings is 2. The summed E-state index contributed by atoms with van der Waals surface area (Å²) in [6.07, 6.45) is 3.86. The van der Waals surface area contributed by atoms with E-state index in [9.17, 15) is 9.59 Å². The first kappa shape index (κ1) is 21.9. The molecule has 3 rings (SSSR count). The predicted molar refractivity (Wildman–Crippen MR) is 123 cm³/mol. The summed E-state index contributed by atoms with van der Waals surface area (Å²) in [6, 6.07) is 15.6. The quantitative estimate of drug-likeness (QED) is 0.651. The van der Waals surface area contributed by atoms with Gasteiger partial charge in [-0.25, -0.2) is 0 Å². The van der Waals surface area contributed by atoms with Gasteiger partial charge in [-0.1, -0.05) is 44.2 Å². The topological polar surface area (TPSA) is 61.4 Å². The van der Waals surface area contributed by atoms with Gasteiger partial charge in [0.25, 0.3) is 5.91 Å². The van der Waals surface area contributed by atoms with Crippen molar-refractivity contribution in [1.82, 2.24) is 5.32 Å². The third kappa shape index (κ3) is 5.21. The van der Waals surface area contributed by atoms with Gasteiger partial charge in [-0.05, 0) is 56.4 Å². The second-order valence-corrected chi connectivity index (χ2v) is 8.07. The van der Waals surface area contributed by atoms with E-state index in [4.69, 9.17) is 0 Å². The van der Waals surface area contributed by atoms with Gasteiger partial charge in [0.1, 0.15) is 0 Å². The van der Waals surface area contributed by atoms with Crippen molar-refractivity contribution in [2.75, 3.05) is 23.3 Å². The molecule has 0 radical (unpaired) electrons. The highest BCUT2D eigenvalue weighted by Gasteiger charge is 2.23. The van der Waals surface area contributed by atoms with Gasteiger partial charge in [0.05, 0.1) is 11.5 Å². The molecule has 5 nitrogen and oxygen atoms in total. The number of nitrogens with zero attached hydrogens (tertiary/aromatic N) is 1. The average Bonchev–Trinajstić information content (AvgIpc) is 3.29. The fraction of sp³-hybridized carbons (Fsp3) is 0.440. The lowest BCUT2D eigenvalue weighted by atomic mass is 9.95. The Morgan fingerprint density at radius 1 is 1.00 bits per heavy atom. The molecule has 0 aliphatic carbocycles. The van der Waals surface area contributed by atoms with Crippen LogP contribution in [0.25, 0.3) is 0 Å². The molecule has 1 saturated heterocycles. The molecule has 2 aromatic carbocycles. The molecule has 30 heavy (non-hydrogen) atoms. The summed E-state index contributed by atoms with van der Waals surface area (Å²) in [5.41, 5.74) is 3.23. The average molecular weight is 408 g/mol. The van der Waals surface area contributed by atoms with Crippen LogP contribution in [0.2, 0.25) is 0 Å². The molecular weight excluding hydrogens is 374 g/mol. The highest BCUT2D eigenvalue weighted by atomic mass is 16.2. The standard InChI is InChI=1S/C25H33N3O2/c1-4-18(3)26-25(30)22-17-20(13-14-23(22)28-15-9-10-16-28)27-24(29)21(5-2)19-11-7-6-8-12-19/h6-8,11-14,17-18,21H,4-5,9-10,15-16H2,1-3H3,(H,26,30)(H,27,29). The highest BCUT2D eigenvalue weighted by Crippen LogP contribution is 2.29. The zero-order valence-corrected chi connectivity index (χ0v) is 18.3. The first-order valence-electron chi connectivity index (χ1n) is 11.1. The largest absolute Gasteiger partial charge is 0.371 e. The number of nitrogens with one attached hydrogen (secondary N) is 2. The van der Waals surface area contributed by atoms with Crippen molar-refractivity contribution in [1.29, 1.82) is 0 Å². The van der Waals surface area contributed by atoms with Gasteiger partial charge in [0.15, 0.2) is 0 Å². The molecule has 2 unspecified atom stereocenters. The molecule has 0 spiro atoms.